The molecule has 126 valence electrons. The average molecular weight is 327 g/mol. The van der Waals surface area contributed by atoms with Gasteiger partial charge in [-0.25, -0.2) is 4.79 Å². The quantitative estimate of drug-likeness (QED) is 0.819. The van der Waals surface area contributed by atoms with Crippen molar-refractivity contribution in [3.8, 4) is 5.75 Å². The lowest BCUT2D eigenvalue weighted by Crippen LogP contribution is -2.14. The Bertz CT molecular complexity index is 740. The van der Waals surface area contributed by atoms with Crippen LogP contribution in [0.3, 0.4) is 0 Å². The number of aryl methyl sites for hydroxylation is 1. The molecule has 0 atom stereocenters. The fourth-order valence-electron chi connectivity index (χ4n) is 2.22. The fraction of sp³-hybridized carbons (Fsp3) is 0.263. The molecule has 0 spiro atoms. The summed E-state index contributed by atoms with van der Waals surface area (Å²) >= 11 is 0. The number of esters is 1. The first kappa shape index (κ1) is 17.5. The first-order valence-corrected chi connectivity index (χ1v) is 7.87. The molecule has 0 heterocycles. The van der Waals surface area contributed by atoms with Gasteiger partial charge < -0.3 is 14.8 Å². The van der Waals surface area contributed by atoms with Gasteiger partial charge in [-0.15, -0.1) is 0 Å². The molecule has 5 heteroatoms. The summed E-state index contributed by atoms with van der Waals surface area (Å²) in [6.45, 7) is 6.23. The molecule has 2 rings (SSSR count). The van der Waals surface area contributed by atoms with E-state index in [1.54, 1.807) is 31.2 Å². The summed E-state index contributed by atoms with van der Waals surface area (Å²) in [5.74, 6) is -0.220. The minimum absolute atomic E-state index is 0.233. The Balaban J connectivity index is 2.25. The number of hydrogen-bond acceptors (Lipinski definition) is 4. The zero-order valence-corrected chi connectivity index (χ0v) is 14.1. The van der Waals surface area contributed by atoms with Crippen molar-refractivity contribution in [1.82, 2.24) is 0 Å². The van der Waals surface area contributed by atoms with E-state index in [1.165, 1.54) is 0 Å². The highest BCUT2D eigenvalue weighted by atomic mass is 16.5. The zero-order chi connectivity index (χ0) is 17.5. The van der Waals surface area contributed by atoms with Gasteiger partial charge in [0.15, 0.2) is 0 Å². The Morgan fingerprint density at radius 3 is 2.46 bits per heavy atom. The highest BCUT2D eigenvalue weighted by Crippen LogP contribution is 2.27. The summed E-state index contributed by atoms with van der Waals surface area (Å²) in [5.41, 5.74) is 2.46. The Hall–Kier alpha value is -2.82. The maximum atomic E-state index is 12.4. The molecule has 1 N–H and O–H groups in total. The number of carbonyl (C=O) groups excluding carboxylic acids is 2. The van der Waals surface area contributed by atoms with Crippen molar-refractivity contribution >= 4 is 17.6 Å². The molecule has 0 saturated carbocycles. The first-order chi connectivity index (χ1) is 11.5. The van der Waals surface area contributed by atoms with E-state index in [1.807, 2.05) is 32.0 Å². The largest absolute Gasteiger partial charge is 0.492 e. The van der Waals surface area contributed by atoms with Crippen LogP contribution in [0.1, 0.15) is 40.1 Å². The molecule has 0 aliphatic heterocycles. The normalized spacial score (nSPS) is 10.1. The van der Waals surface area contributed by atoms with Crippen LogP contribution >= 0.6 is 0 Å². The Kier molecular flexibility index (Phi) is 5.95. The molecule has 0 saturated heterocycles. The third-order valence-electron chi connectivity index (χ3n) is 3.32. The number of nitrogens with one attached hydrogen (secondary N) is 1. The third kappa shape index (κ3) is 4.35. The lowest BCUT2D eigenvalue weighted by atomic mass is 10.1. The molecule has 2 aromatic carbocycles. The van der Waals surface area contributed by atoms with Crippen LogP contribution in [0.4, 0.5) is 5.69 Å². The van der Waals surface area contributed by atoms with Gasteiger partial charge in [-0.2, -0.15) is 0 Å². The molecule has 5 nitrogen and oxygen atoms in total. The number of carbonyl (C=O) groups is 2. The summed E-state index contributed by atoms with van der Waals surface area (Å²) in [5, 5.41) is 2.82. The van der Waals surface area contributed by atoms with E-state index >= 15 is 0 Å². The van der Waals surface area contributed by atoms with Crippen molar-refractivity contribution in [2.75, 3.05) is 18.5 Å². The molecule has 0 aliphatic rings. The summed E-state index contributed by atoms with van der Waals surface area (Å²) in [4.78, 5) is 24.2. The Morgan fingerprint density at radius 2 is 1.79 bits per heavy atom. The van der Waals surface area contributed by atoms with Crippen molar-refractivity contribution in [3.63, 3.8) is 0 Å². The third-order valence-corrected chi connectivity index (χ3v) is 3.32. The predicted octanol–water partition coefficient (Wildman–Crippen LogP) is 3.82. The minimum Gasteiger partial charge on any atom is -0.492 e. The maximum Gasteiger partial charge on any atom is 0.338 e. The monoisotopic (exact) mass is 327 g/mol. The number of benzene rings is 2. The topological polar surface area (TPSA) is 64.6 Å². The lowest BCUT2D eigenvalue weighted by molar-refractivity contribution is 0.0526. The highest BCUT2D eigenvalue weighted by molar-refractivity contribution is 6.05. The van der Waals surface area contributed by atoms with E-state index in [4.69, 9.17) is 9.47 Å². The standard InChI is InChI=1S/C19H21NO4/c1-4-23-17-12-15(19(22)24-5-2)9-10-16(17)20-18(21)14-8-6-7-13(3)11-14/h6-12H,4-5H2,1-3H3,(H,20,21). The molecule has 24 heavy (non-hydrogen) atoms. The predicted molar refractivity (Wildman–Crippen MR) is 92.7 cm³/mol. The number of hydrogen-bond donors (Lipinski definition) is 1. The van der Waals surface area contributed by atoms with E-state index < -0.39 is 5.97 Å². The molecular weight excluding hydrogens is 306 g/mol. The van der Waals surface area contributed by atoms with E-state index in [0.717, 1.165) is 5.56 Å². The van der Waals surface area contributed by atoms with Gasteiger partial charge in [0.05, 0.1) is 24.5 Å². The smallest absolute Gasteiger partial charge is 0.338 e. The fourth-order valence-corrected chi connectivity index (χ4v) is 2.22. The number of ether oxygens (including phenoxy) is 2. The molecule has 2 aromatic rings. The highest BCUT2D eigenvalue weighted by Gasteiger charge is 2.14. The van der Waals surface area contributed by atoms with Crippen LogP contribution in [0.2, 0.25) is 0 Å². The van der Waals surface area contributed by atoms with Gasteiger partial charge >= 0.3 is 5.97 Å². The van der Waals surface area contributed by atoms with Crippen LogP contribution in [0.15, 0.2) is 42.5 Å². The van der Waals surface area contributed by atoms with Gasteiger partial charge in [-0.3, -0.25) is 4.79 Å². The molecule has 0 fully saturated rings. The van der Waals surface area contributed by atoms with Crippen molar-refractivity contribution in [2.45, 2.75) is 20.8 Å². The van der Waals surface area contributed by atoms with Crippen LogP contribution in [-0.4, -0.2) is 25.1 Å². The van der Waals surface area contributed by atoms with Gasteiger partial charge in [0.1, 0.15) is 5.75 Å². The number of amides is 1. The summed E-state index contributed by atoms with van der Waals surface area (Å²) in [6.07, 6.45) is 0. The molecular formula is C19H21NO4. The molecule has 0 aliphatic carbocycles. The maximum absolute atomic E-state index is 12.4. The van der Waals surface area contributed by atoms with Gasteiger partial charge in [0.25, 0.3) is 5.91 Å². The first-order valence-electron chi connectivity index (χ1n) is 7.87. The summed E-state index contributed by atoms with van der Waals surface area (Å²) in [7, 11) is 0. The summed E-state index contributed by atoms with van der Waals surface area (Å²) in [6, 6.07) is 12.1. The minimum atomic E-state index is -0.421. The van der Waals surface area contributed by atoms with Crippen molar-refractivity contribution < 1.29 is 19.1 Å². The van der Waals surface area contributed by atoms with Crippen LogP contribution < -0.4 is 10.1 Å². The average Bonchev–Trinajstić information content (AvgIpc) is 2.56. The molecule has 0 bridgehead atoms. The van der Waals surface area contributed by atoms with E-state index in [-0.39, 0.29) is 5.91 Å². The van der Waals surface area contributed by atoms with E-state index in [2.05, 4.69) is 5.32 Å². The SMILES string of the molecule is CCOC(=O)c1ccc(NC(=O)c2cccc(C)c2)c(OCC)c1. The second-order valence-electron chi connectivity index (χ2n) is 5.19. The number of rotatable bonds is 6. The van der Waals surface area contributed by atoms with Gasteiger partial charge in [-0.05, 0) is 51.1 Å². The van der Waals surface area contributed by atoms with Crippen molar-refractivity contribution in [3.05, 3.63) is 59.2 Å². The summed E-state index contributed by atoms with van der Waals surface area (Å²) < 4.78 is 10.5. The Labute approximate surface area is 141 Å². The van der Waals surface area contributed by atoms with Gasteiger partial charge in [0.2, 0.25) is 0 Å². The van der Waals surface area contributed by atoms with Crippen LogP contribution in [0, 0.1) is 6.92 Å². The van der Waals surface area contributed by atoms with Gasteiger partial charge in [-0.1, -0.05) is 17.7 Å². The van der Waals surface area contributed by atoms with Gasteiger partial charge in [0, 0.05) is 5.56 Å². The Morgan fingerprint density at radius 1 is 1.00 bits per heavy atom. The molecule has 0 radical (unpaired) electrons. The van der Waals surface area contributed by atoms with Crippen molar-refractivity contribution in [2.24, 2.45) is 0 Å². The van der Waals surface area contributed by atoms with E-state index in [9.17, 15) is 9.59 Å². The van der Waals surface area contributed by atoms with Crippen LogP contribution in [0.25, 0.3) is 0 Å². The van der Waals surface area contributed by atoms with Crippen LogP contribution in [0.5, 0.6) is 5.75 Å². The van der Waals surface area contributed by atoms with E-state index in [0.29, 0.717) is 35.8 Å². The zero-order valence-electron chi connectivity index (χ0n) is 14.1. The lowest BCUT2D eigenvalue weighted by Gasteiger charge is -2.13. The second kappa shape index (κ2) is 8.15. The molecule has 0 aromatic heterocycles. The second-order valence-corrected chi connectivity index (χ2v) is 5.19. The van der Waals surface area contributed by atoms with Crippen LogP contribution in [-0.2, 0) is 4.74 Å². The molecule has 1 amide bonds. The van der Waals surface area contributed by atoms with Crippen molar-refractivity contribution in [1.29, 1.82) is 0 Å². The molecule has 0 unspecified atom stereocenters. The number of anilines is 1.